The molecule has 1 radical (unpaired) electrons. The molecule has 0 heterocycles. The van der Waals surface area contributed by atoms with E-state index in [9.17, 15) is 4.79 Å². The Hall–Kier alpha value is -0.370. The molecule has 0 fully saturated rings. The zero-order chi connectivity index (χ0) is 10.6. The highest BCUT2D eigenvalue weighted by Gasteiger charge is 2.19. The third-order valence-electron chi connectivity index (χ3n) is 1.88. The molecule has 0 aromatic carbocycles. The van der Waals surface area contributed by atoms with Crippen LogP contribution in [-0.4, -0.2) is 17.0 Å². The molecule has 77 valence electrons. The van der Waals surface area contributed by atoms with Crippen LogP contribution in [0.25, 0.3) is 0 Å². The van der Waals surface area contributed by atoms with Gasteiger partial charge in [0.15, 0.2) is 5.78 Å². The minimum Gasteiger partial charge on any atom is -0.385 e. The van der Waals surface area contributed by atoms with Gasteiger partial charge in [0.2, 0.25) is 0 Å². The maximum atomic E-state index is 11.1. The first-order valence-electron chi connectivity index (χ1n) is 4.76. The summed E-state index contributed by atoms with van der Waals surface area (Å²) in [6.07, 6.45) is 0.371. The minimum absolute atomic E-state index is 0.156. The standard InChI is InChI=1S/C11H21O2/c1-8(7-11(3,4)5)6-10(13)9(2)12/h8-9,12H,2,6-7H2,1,3-5H3. The third kappa shape index (κ3) is 6.76. The van der Waals surface area contributed by atoms with Gasteiger partial charge in [0, 0.05) is 6.42 Å². The Bertz CT molecular complexity index is 165. The number of carbonyl (C=O) groups is 1. The van der Waals surface area contributed by atoms with E-state index >= 15 is 0 Å². The van der Waals surface area contributed by atoms with E-state index in [4.69, 9.17) is 5.11 Å². The smallest absolute Gasteiger partial charge is 0.161 e. The average molecular weight is 185 g/mol. The fourth-order valence-electron chi connectivity index (χ4n) is 1.60. The van der Waals surface area contributed by atoms with Crippen LogP contribution in [0.4, 0.5) is 0 Å². The van der Waals surface area contributed by atoms with Crippen molar-refractivity contribution >= 4 is 5.78 Å². The van der Waals surface area contributed by atoms with Gasteiger partial charge in [0.05, 0.1) is 0 Å². The second-order valence-electron chi connectivity index (χ2n) is 5.06. The van der Waals surface area contributed by atoms with Crippen molar-refractivity contribution in [2.24, 2.45) is 11.3 Å². The van der Waals surface area contributed by atoms with E-state index in [0.29, 0.717) is 12.3 Å². The lowest BCUT2D eigenvalue weighted by Crippen LogP contribution is -2.21. The average Bonchev–Trinajstić information content (AvgIpc) is 1.81. The molecule has 2 nitrogen and oxygen atoms in total. The molecular formula is C11H21O2. The van der Waals surface area contributed by atoms with Crippen molar-refractivity contribution in [3.05, 3.63) is 6.92 Å². The van der Waals surface area contributed by atoms with E-state index in [1.165, 1.54) is 0 Å². The summed E-state index contributed by atoms with van der Waals surface area (Å²) in [5, 5.41) is 8.91. The molecule has 0 amide bonds. The molecule has 0 aromatic heterocycles. The normalized spacial score (nSPS) is 16.8. The number of Topliss-reactive ketones (excluding diaryl/α,β-unsaturated/α-hetero) is 1. The number of aliphatic hydroxyl groups excluding tert-OH is 1. The predicted octanol–water partition coefficient (Wildman–Crippen LogP) is 2.21. The molecule has 0 spiro atoms. The molecule has 2 unspecified atom stereocenters. The summed E-state index contributed by atoms with van der Waals surface area (Å²) in [4.78, 5) is 11.1. The molecule has 0 aromatic rings. The second-order valence-corrected chi connectivity index (χ2v) is 5.06. The first kappa shape index (κ1) is 12.6. The quantitative estimate of drug-likeness (QED) is 0.729. The molecule has 13 heavy (non-hydrogen) atoms. The van der Waals surface area contributed by atoms with Gasteiger partial charge in [-0.3, -0.25) is 4.79 Å². The monoisotopic (exact) mass is 185 g/mol. The largest absolute Gasteiger partial charge is 0.385 e. The molecule has 0 aliphatic heterocycles. The van der Waals surface area contributed by atoms with E-state index in [1.54, 1.807) is 0 Å². The molecule has 0 saturated carbocycles. The summed E-state index contributed by atoms with van der Waals surface area (Å²) in [5.74, 6) is 0.167. The van der Waals surface area contributed by atoms with Crippen LogP contribution in [0.3, 0.4) is 0 Å². The maximum absolute atomic E-state index is 11.1. The van der Waals surface area contributed by atoms with Crippen LogP contribution in [0.1, 0.15) is 40.5 Å². The summed E-state index contributed by atoms with van der Waals surface area (Å²) >= 11 is 0. The Morgan fingerprint density at radius 3 is 2.23 bits per heavy atom. The molecule has 0 bridgehead atoms. The Kier molecular flexibility index (Phi) is 4.62. The van der Waals surface area contributed by atoms with Gasteiger partial charge < -0.3 is 5.11 Å². The molecule has 0 saturated heterocycles. The molecule has 1 N–H and O–H groups in total. The van der Waals surface area contributed by atoms with E-state index in [2.05, 4.69) is 27.7 Å². The van der Waals surface area contributed by atoms with E-state index < -0.39 is 6.10 Å². The highest BCUT2D eigenvalue weighted by molar-refractivity contribution is 5.83. The van der Waals surface area contributed by atoms with Crippen molar-refractivity contribution in [1.29, 1.82) is 0 Å². The highest BCUT2D eigenvalue weighted by atomic mass is 16.3. The van der Waals surface area contributed by atoms with Gasteiger partial charge in [0.25, 0.3) is 0 Å². The summed E-state index contributed by atoms with van der Waals surface area (Å²) in [6.45, 7) is 11.8. The number of hydrogen-bond donors (Lipinski definition) is 1. The molecular weight excluding hydrogens is 164 g/mol. The van der Waals surface area contributed by atoms with Gasteiger partial charge in [-0.2, -0.15) is 0 Å². The van der Waals surface area contributed by atoms with Crippen LogP contribution in [0.5, 0.6) is 0 Å². The first-order chi connectivity index (χ1) is 5.72. The molecule has 0 aliphatic rings. The topological polar surface area (TPSA) is 37.3 Å². The number of ketones is 1. The van der Waals surface area contributed by atoms with Crippen LogP contribution in [-0.2, 0) is 4.79 Å². The summed E-state index contributed by atoms with van der Waals surface area (Å²) in [6, 6.07) is 0. The third-order valence-corrected chi connectivity index (χ3v) is 1.88. The molecule has 2 atom stereocenters. The number of rotatable bonds is 4. The first-order valence-corrected chi connectivity index (χ1v) is 4.76. The van der Waals surface area contributed by atoms with Gasteiger partial charge in [-0.25, -0.2) is 0 Å². The van der Waals surface area contributed by atoms with E-state index in [1.807, 2.05) is 6.92 Å². The van der Waals surface area contributed by atoms with E-state index in [-0.39, 0.29) is 11.2 Å². The summed E-state index contributed by atoms with van der Waals surface area (Å²) in [7, 11) is 0. The van der Waals surface area contributed by atoms with Gasteiger partial charge in [0.1, 0.15) is 6.10 Å². The number of hydrogen-bond acceptors (Lipinski definition) is 2. The highest BCUT2D eigenvalue weighted by Crippen LogP contribution is 2.26. The molecule has 0 aliphatic carbocycles. The van der Waals surface area contributed by atoms with Crippen molar-refractivity contribution in [2.75, 3.05) is 0 Å². The van der Waals surface area contributed by atoms with Gasteiger partial charge in [-0.15, -0.1) is 0 Å². The lowest BCUT2D eigenvalue weighted by molar-refractivity contribution is -0.126. The number of carbonyl (C=O) groups excluding carboxylic acids is 1. The van der Waals surface area contributed by atoms with Crippen molar-refractivity contribution < 1.29 is 9.90 Å². The lowest BCUT2D eigenvalue weighted by atomic mass is 9.83. The van der Waals surface area contributed by atoms with Crippen molar-refractivity contribution in [3.8, 4) is 0 Å². The Balaban J connectivity index is 3.88. The maximum Gasteiger partial charge on any atom is 0.161 e. The van der Waals surface area contributed by atoms with Crippen molar-refractivity contribution in [2.45, 2.75) is 46.6 Å². The minimum atomic E-state index is -1.05. The van der Waals surface area contributed by atoms with Gasteiger partial charge >= 0.3 is 0 Å². The fraction of sp³-hybridized carbons (Fsp3) is 0.818. The SMILES string of the molecule is [CH2]C(O)C(=O)CC(C)CC(C)(C)C. The second kappa shape index (κ2) is 4.75. The van der Waals surface area contributed by atoms with Crippen molar-refractivity contribution in [3.63, 3.8) is 0 Å². The van der Waals surface area contributed by atoms with Crippen molar-refractivity contribution in [1.82, 2.24) is 0 Å². The van der Waals surface area contributed by atoms with Crippen LogP contribution in [0, 0.1) is 18.3 Å². The Morgan fingerprint density at radius 2 is 1.92 bits per heavy atom. The fourth-order valence-corrected chi connectivity index (χ4v) is 1.60. The molecule has 2 heteroatoms. The zero-order valence-electron chi connectivity index (χ0n) is 9.13. The Morgan fingerprint density at radius 1 is 1.46 bits per heavy atom. The van der Waals surface area contributed by atoms with E-state index in [0.717, 1.165) is 6.42 Å². The summed E-state index contributed by atoms with van der Waals surface area (Å²) in [5.41, 5.74) is 0.242. The predicted molar refractivity (Wildman–Crippen MR) is 54.2 cm³/mol. The summed E-state index contributed by atoms with van der Waals surface area (Å²) < 4.78 is 0. The van der Waals surface area contributed by atoms with Crippen LogP contribution in [0.2, 0.25) is 0 Å². The van der Waals surface area contributed by atoms with Gasteiger partial charge in [-0.05, 0) is 24.7 Å². The van der Waals surface area contributed by atoms with Crippen LogP contribution in [0.15, 0.2) is 0 Å². The van der Waals surface area contributed by atoms with Crippen LogP contribution < -0.4 is 0 Å². The molecule has 0 rings (SSSR count). The zero-order valence-corrected chi connectivity index (χ0v) is 9.13. The number of aliphatic hydroxyl groups is 1. The van der Waals surface area contributed by atoms with Crippen LogP contribution >= 0.6 is 0 Å². The Labute approximate surface area is 81.3 Å². The lowest BCUT2D eigenvalue weighted by Gasteiger charge is -2.22. The van der Waals surface area contributed by atoms with Gasteiger partial charge in [-0.1, -0.05) is 27.7 Å².